The van der Waals surface area contributed by atoms with Crippen LogP contribution in [0.4, 0.5) is 0 Å². The third-order valence-corrected chi connectivity index (χ3v) is 5.76. The fraction of sp³-hybridized carbons (Fsp3) is 0.185. The van der Waals surface area contributed by atoms with Crippen LogP contribution >= 0.6 is 15.9 Å². The van der Waals surface area contributed by atoms with E-state index in [1.54, 1.807) is 48.5 Å². The number of nitrogens with one attached hydrogen (secondary N) is 2. The Hall–Kier alpha value is -3.96. The van der Waals surface area contributed by atoms with Crippen molar-refractivity contribution >= 4 is 34.0 Å². The van der Waals surface area contributed by atoms with E-state index in [2.05, 4.69) is 37.8 Å². The molecule has 0 aliphatic carbocycles. The lowest BCUT2D eigenvalue weighted by Crippen LogP contribution is -2.48. The molecule has 35 heavy (non-hydrogen) atoms. The molecule has 0 saturated heterocycles. The Labute approximate surface area is 212 Å². The molecule has 178 valence electrons. The normalized spacial score (nSPS) is 11.6. The fourth-order valence-corrected chi connectivity index (χ4v) is 3.73. The standard InChI is InChI=1S/C27H25BrN4O3/c1-18(2)25(31-26(33)20-8-4-3-5-9-20)27(34)32-30-16-19-12-13-24(23(28)14-19)35-17-22-11-7-6-10-21(22)15-29/h3-14,16,18,25H,17H2,1-2H3,(H,31,33)(H,32,34)/b30-16+. The zero-order valence-electron chi connectivity index (χ0n) is 19.4. The lowest BCUT2D eigenvalue weighted by molar-refractivity contribution is -0.123. The number of hydrogen-bond donors (Lipinski definition) is 2. The predicted molar refractivity (Wildman–Crippen MR) is 138 cm³/mol. The zero-order valence-corrected chi connectivity index (χ0v) is 21.0. The monoisotopic (exact) mass is 532 g/mol. The number of hydrogen-bond acceptors (Lipinski definition) is 5. The van der Waals surface area contributed by atoms with Crippen LogP contribution in [0.2, 0.25) is 0 Å². The van der Waals surface area contributed by atoms with Crippen molar-refractivity contribution < 1.29 is 14.3 Å². The van der Waals surface area contributed by atoms with Gasteiger partial charge in [-0.05, 0) is 63.8 Å². The highest BCUT2D eigenvalue weighted by molar-refractivity contribution is 9.10. The van der Waals surface area contributed by atoms with Crippen LogP contribution in [0.15, 0.2) is 82.4 Å². The van der Waals surface area contributed by atoms with Gasteiger partial charge in [0.05, 0.1) is 22.3 Å². The average molecular weight is 533 g/mol. The summed E-state index contributed by atoms with van der Waals surface area (Å²) in [6.45, 7) is 3.96. The van der Waals surface area contributed by atoms with Gasteiger partial charge in [-0.3, -0.25) is 9.59 Å². The molecule has 0 radical (unpaired) electrons. The van der Waals surface area contributed by atoms with Gasteiger partial charge >= 0.3 is 0 Å². The molecular formula is C27H25BrN4O3. The van der Waals surface area contributed by atoms with Gasteiger partial charge in [-0.25, -0.2) is 5.43 Å². The highest BCUT2D eigenvalue weighted by atomic mass is 79.9. The van der Waals surface area contributed by atoms with Gasteiger partial charge < -0.3 is 10.1 Å². The van der Waals surface area contributed by atoms with E-state index in [-0.39, 0.29) is 18.4 Å². The molecule has 2 N–H and O–H groups in total. The minimum absolute atomic E-state index is 0.130. The number of benzene rings is 3. The summed E-state index contributed by atoms with van der Waals surface area (Å²) in [4.78, 5) is 25.1. The first-order valence-corrected chi connectivity index (χ1v) is 11.8. The van der Waals surface area contributed by atoms with Crippen LogP contribution in [0.3, 0.4) is 0 Å². The first-order valence-electron chi connectivity index (χ1n) is 11.0. The van der Waals surface area contributed by atoms with Gasteiger partial charge in [-0.15, -0.1) is 0 Å². The summed E-state index contributed by atoms with van der Waals surface area (Å²) in [7, 11) is 0. The Morgan fingerprint density at radius 1 is 1.09 bits per heavy atom. The number of amides is 2. The molecule has 0 bridgehead atoms. The lowest BCUT2D eigenvalue weighted by Gasteiger charge is -2.20. The smallest absolute Gasteiger partial charge is 0.262 e. The summed E-state index contributed by atoms with van der Waals surface area (Å²) in [6.07, 6.45) is 1.51. The Bertz CT molecular complexity index is 1250. The maximum atomic E-state index is 12.6. The van der Waals surface area contributed by atoms with Crippen LogP contribution in [-0.2, 0) is 11.4 Å². The molecule has 2 amide bonds. The number of nitriles is 1. The quantitative estimate of drug-likeness (QED) is 0.305. The number of halogens is 1. The lowest BCUT2D eigenvalue weighted by atomic mass is 10.0. The molecule has 7 nitrogen and oxygen atoms in total. The largest absolute Gasteiger partial charge is 0.488 e. The molecule has 3 aromatic carbocycles. The average Bonchev–Trinajstić information content (AvgIpc) is 2.87. The number of rotatable bonds is 9. The van der Waals surface area contributed by atoms with Crippen LogP contribution in [0.5, 0.6) is 5.75 Å². The molecule has 3 aromatic rings. The van der Waals surface area contributed by atoms with E-state index < -0.39 is 11.9 Å². The minimum atomic E-state index is -0.737. The van der Waals surface area contributed by atoms with E-state index in [1.807, 2.05) is 38.1 Å². The van der Waals surface area contributed by atoms with Crippen molar-refractivity contribution in [3.05, 3.63) is 99.5 Å². The number of ether oxygens (including phenoxy) is 1. The number of hydrazone groups is 1. The zero-order chi connectivity index (χ0) is 25.2. The van der Waals surface area contributed by atoms with Gasteiger partial charge in [0.2, 0.25) is 0 Å². The topological polar surface area (TPSA) is 104 Å². The van der Waals surface area contributed by atoms with E-state index >= 15 is 0 Å². The van der Waals surface area contributed by atoms with Crippen LogP contribution in [0.1, 0.15) is 40.9 Å². The molecule has 1 atom stereocenters. The second-order valence-corrected chi connectivity index (χ2v) is 8.90. The Morgan fingerprint density at radius 3 is 2.49 bits per heavy atom. The summed E-state index contributed by atoms with van der Waals surface area (Å²) < 4.78 is 6.55. The number of carbonyl (C=O) groups excluding carboxylic acids is 2. The van der Waals surface area contributed by atoms with Gasteiger partial charge in [0.15, 0.2) is 0 Å². The molecule has 0 heterocycles. The molecule has 1 unspecified atom stereocenters. The summed E-state index contributed by atoms with van der Waals surface area (Å²) in [5.41, 5.74) is 5.09. The molecule has 0 aromatic heterocycles. The van der Waals surface area contributed by atoms with Crippen molar-refractivity contribution in [2.75, 3.05) is 0 Å². The van der Waals surface area contributed by atoms with Gasteiger partial charge in [0.1, 0.15) is 18.4 Å². The highest BCUT2D eigenvalue weighted by Crippen LogP contribution is 2.26. The van der Waals surface area contributed by atoms with Crippen LogP contribution < -0.4 is 15.5 Å². The SMILES string of the molecule is CC(C)C(NC(=O)c1ccccc1)C(=O)N/N=C/c1ccc(OCc2ccccc2C#N)c(Br)c1. The maximum Gasteiger partial charge on any atom is 0.262 e. The fourth-order valence-electron chi connectivity index (χ4n) is 3.21. The van der Waals surface area contributed by atoms with Gasteiger partial charge in [-0.2, -0.15) is 10.4 Å². The number of nitrogens with zero attached hydrogens (tertiary/aromatic N) is 2. The van der Waals surface area contributed by atoms with Crippen molar-refractivity contribution in [2.45, 2.75) is 26.5 Å². The Kier molecular flexibility index (Phi) is 9.16. The van der Waals surface area contributed by atoms with E-state index in [4.69, 9.17) is 4.74 Å². The molecule has 0 saturated carbocycles. The van der Waals surface area contributed by atoms with E-state index in [9.17, 15) is 14.9 Å². The molecule has 3 rings (SSSR count). The second kappa shape index (κ2) is 12.5. The third kappa shape index (κ3) is 7.26. The van der Waals surface area contributed by atoms with Crippen LogP contribution in [-0.4, -0.2) is 24.1 Å². The Morgan fingerprint density at radius 2 is 1.80 bits per heavy atom. The number of carbonyl (C=O) groups is 2. The third-order valence-electron chi connectivity index (χ3n) is 5.14. The highest BCUT2D eigenvalue weighted by Gasteiger charge is 2.24. The van der Waals surface area contributed by atoms with E-state index in [1.165, 1.54) is 6.21 Å². The van der Waals surface area contributed by atoms with E-state index in [0.717, 1.165) is 11.1 Å². The predicted octanol–water partition coefficient (Wildman–Crippen LogP) is 4.80. The van der Waals surface area contributed by atoms with Crippen LogP contribution in [0.25, 0.3) is 0 Å². The summed E-state index contributed by atoms with van der Waals surface area (Å²) >= 11 is 3.48. The van der Waals surface area contributed by atoms with E-state index in [0.29, 0.717) is 21.3 Å². The molecule has 8 heteroatoms. The molecule has 0 aliphatic heterocycles. The second-order valence-electron chi connectivity index (χ2n) is 8.04. The van der Waals surface area contributed by atoms with Crippen LogP contribution in [0, 0.1) is 17.2 Å². The molecule has 0 aliphatic rings. The molecular weight excluding hydrogens is 508 g/mol. The first-order chi connectivity index (χ1) is 16.9. The minimum Gasteiger partial charge on any atom is -0.488 e. The van der Waals surface area contributed by atoms with Gasteiger partial charge in [-0.1, -0.05) is 50.2 Å². The van der Waals surface area contributed by atoms with Crippen molar-refractivity contribution in [2.24, 2.45) is 11.0 Å². The Balaban J connectivity index is 1.58. The summed E-state index contributed by atoms with van der Waals surface area (Å²) in [5.74, 6) is -0.243. The van der Waals surface area contributed by atoms with Crippen molar-refractivity contribution in [1.82, 2.24) is 10.7 Å². The van der Waals surface area contributed by atoms with Crippen molar-refractivity contribution in [3.8, 4) is 11.8 Å². The van der Waals surface area contributed by atoms with Crippen molar-refractivity contribution in [3.63, 3.8) is 0 Å². The summed E-state index contributed by atoms with van der Waals surface area (Å²) in [5, 5.41) is 16.0. The summed E-state index contributed by atoms with van der Waals surface area (Å²) in [6, 6.07) is 22.8. The maximum absolute atomic E-state index is 12.6. The molecule has 0 spiro atoms. The molecule has 0 fully saturated rings. The van der Waals surface area contributed by atoms with Crippen molar-refractivity contribution in [1.29, 1.82) is 5.26 Å². The van der Waals surface area contributed by atoms with Gasteiger partial charge in [0, 0.05) is 11.1 Å². The van der Waals surface area contributed by atoms with Gasteiger partial charge in [0.25, 0.3) is 11.8 Å². The first kappa shape index (κ1) is 25.7.